The van der Waals surface area contributed by atoms with Gasteiger partial charge in [-0.3, -0.25) is 0 Å². The molecule has 0 aliphatic carbocycles. The van der Waals surface area contributed by atoms with Crippen LogP contribution in [0.15, 0.2) is 18.2 Å². The summed E-state index contributed by atoms with van der Waals surface area (Å²) < 4.78 is 0. The molecule has 0 radical (unpaired) electrons. The molecule has 0 fully saturated rings. The van der Waals surface area contributed by atoms with Crippen molar-refractivity contribution in [3.63, 3.8) is 0 Å². The average molecular weight is 236 g/mol. The molecule has 0 aromatic heterocycles. The van der Waals surface area contributed by atoms with Gasteiger partial charge in [-0.25, -0.2) is 0 Å². The van der Waals surface area contributed by atoms with Gasteiger partial charge in [0.05, 0.1) is 6.10 Å². The highest BCUT2D eigenvalue weighted by Crippen LogP contribution is 2.34. The maximum absolute atomic E-state index is 5.45. The molecule has 2 nitrogen and oxygen atoms in total. The fourth-order valence-corrected chi connectivity index (χ4v) is 1.90. The minimum Gasteiger partial charge on any atom is -0.337 e. The van der Waals surface area contributed by atoms with Crippen LogP contribution in [0.2, 0.25) is 0 Å². The van der Waals surface area contributed by atoms with Gasteiger partial charge in [0.15, 0.2) is 5.75 Å². The number of hydrogen-bond donors (Lipinski definition) is 0. The van der Waals surface area contributed by atoms with Gasteiger partial charge in [0.2, 0.25) is 0 Å². The normalized spacial score (nSPS) is 11.6. The van der Waals surface area contributed by atoms with Crippen molar-refractivity contribution in [2.45, 2.75) is 59.5 Å². The van der Waals surface area contributed by atoms with Crippen molar-refractivity contribution in [2.75, 3.05) is 0 Å². The summed E-state index contributed by atoms with van der Waals surface area (Å²) >= 11 is 0. The van der Waals surface area contributed by atoms with E-state index in [0.29, 0.717) is 11.8 Å². The van der Waals surface area contributed by atoms with E-state index < -0.39 is 0 Å². The van der Waals surface area contributed by atoms with Gasteiger partial charge in [0.25, 0.3) is 0 Å². The van der Waals surface area contributed by atoms with E-state index in [1.54, 1.807) is 0 Å². The molecule has 0 aliphatic rings. The Morgan fingerprint density at radius 1 is 0.882 bits per heavy atom. The topological polar surface area (TPSA) is 18.5 Å². The van der Waals surface area contributed by atoms with Gasteiger partial charge >= 0.3 is 0 Å². The summed E-state index contributed by atoms with van der Waals surface area (Å²) in [6.07, 6.45) is 0.0673. The molecule has 17 heavy (non-hydrogen) atoms. The molecule has 2 heteroatoms. The molecule has 1 rings (SSSR count). The molecule has 0 saturated carbocycles. The van der Waals surface area contributed by atoms with E-state index in [1.165, 1.54) is 11.1 Å². The Kier molecular flexibility index (Phi) is 5.01. The first-order valence-corrected chi connectivity index (χ1v) is 6.39. The first kappa shape index (κ1) is 14.0. The molecular weight excluding hydrogens is 212 g/mol. The smallest absolute Gasteiger partial charge is 0.169 e. The monoisotopic (exact) mass is 236 g/mol. The van der Waals surface area contributed by atoms with E-state index in [9.17, 15) is 0 Å². The summed E-state index contributed by atoms with van der Waals surface area (Å²) in [6.45, 7) is 12.7. The molecule has 0 heterocycles. The van der Waals surface area contributed by atoms with E-state index in [4.69, 9.17) is 9.78 Å². The Morgan fingerprint density at radius 2 is 1.53 bits per heavy atom. The summed E-state index contributed by atoms with van der Waals surface area (Å²) in [5, 5.41) is 0. The van der Waals surface area contributed by atoms with Crippen molar-refractivity contribution in [1.82, 2.24) is 0 Å². The molecule has 1 aromatic rings. The molecular formula is C15H24O2. The van der Waals surface area contributed by atoms with Gasteiger partial charge in [0.1, 0.15) is 0 Å². The van der Waals surface area contributed by atoms with Crippen LogP contribution in [0.3, 0.4) is 0 Å². The molecule has 0 unspecified atom stereocenters. The third-order valence-corrected chi connectivity index (χ3v) is 2.63. The number of rotatable bonds is 5. The van der Waals surface area contributed by atoms with Crippen molar-refractivity contribution >= 4 is 0 Å². The van der Waals surface area contributed by atoms with Crippen molar-refractivity contribution in [3.8, 4) is 5.75 Å². The summed E-state index contributed by atoms with van der Waals surface area (Å²) in [4.78, 5) is 10.7. The highest BCUT2D eigenvalue weighted by atomic mass is 17.2. The Morgan fingerprint density at radius 3 is 2.00 bits per heavy atom. The predicted octanol–water partition coefficient (Wildman–Crippen LogP) is 4.65. The van der Waals surface area contributed by atoms with Crippen molar-refractivity contribution in [3.05, 3.63) is 29.3 Å². The van der Waals surface area contributed by atoms with Gasteiger partial charge in [-0.05, 0) is 37.3 Å². The molecule has 0 bridgehead atoms. The Balaban J connectivity index is 3.07. The minimum atomic E-state index is 0.0673. The van der Waals surface area contributed by atoms with Crippen LogP contribution in [0.4, 0.5) is 0 Å². The second kappa shape index (κ2) is 6.06. The summed E-state index contributed by atoms with van der Waals surface area (Å²) in [7, 11) is 0. The zero-order valence-corrected chi connectivity index (χ0v) is 11.8. The molecule has 0 atom stereocenters. The molecule has 0 N–H and O–H groups in total. The van der Waals surface area contributed by atoms with Crippen molar-refractivity contribution in [2.24, 2.45) is 0 Å². The van der Waals surface area contributed by atoms with Crippen molar-refractivity contribution < 1.29 is 9.78 Å². The van der Waals surface area contributed by atoms with E-state index in [2.05, 4.69) is 33.8 Å². The second-order valence-corrected chi connectivity index (χ2v) is 5.30. The van der Waals surface area contributed by atoms with E-state index in [0.717, 1.165) is 5.75 Å². The molecule has 0 spiro atoms. The first-order chi connectivity index (χ1) is 7.93. The van der Waals surface area contributed by atoms with Gasteiger partial charge in [-0.15, -0.1) is 0 Å². The van der Waals surface area contributed by atoms with Crippen LogP contribution in [0.5, 0.6) is 5.75 Å². The zero-order chi connectivity index (χ0) is 13.0. The van der Waals surface area contributed by atoms with E-state index in [1.807, 2.05) is 26.0 Å². The van der Waals surface area contributed by atoms with Crippen LogP contribution in [0, 0.1) is 0 Å². The average Bonchev–Trinajstić information content (AvgIpc) is 2.25. The highest BCUT2D eigenvalue weighted by Gasteiger charge is 2.16. The first-order valence-electron chi connectivity index (χ1n) is 6.39. The van der Waals surface area contributed by atoms with Crippen LogP contribution in [0.1, 0.15) is 64.5 Å². The van der Waals surface area contributed by atoms with Gasteiger partial charge in [-0.2, -0.15) is 4.89 Å². The van der Waals surface area contributed by atoms with Crippen LogP contribution in [-0.2, 0) is 4.89 Å². The largest absolute Gasteiger partial charge is 0.337 e. The van der Waals surface area contributed by atoms with E-state index >= 15 is 0 Å². The predicted molar refractivity (Wildman–Crippen MR) is 71.5 cm³/mol. The lowest BCUT2D eigenvalue weighted by molar-refractivity contribution is -0.235. The maximum atomic E-state index is 5.45. The van der Waals surface area contributed by atoms with Gasteiger partial charge in [-0.1, -0.05) is 39.8 Å². The van der Waals surface area contributed by atoms with Crippen LogP contribution in [-0.4, -0.2) is 6.10 Å². The molecule has 96 valence electrons. The Hall–Kier alpha value is -1.02. The Bertz CT molecular complexity index is 354. The quantitative estimate of drug-likeness (QED) is 0.547. The summed E-state index contributed by atoms with van der Waals surface area (Å²) in [6, 6.07) is 6.17. The van der Waals surface area contributed by atoms with Crippen LogP contribution in [0.25, 0.3) is 0 Å². The number of hydrogen-bond acceptors (Lipinski definition) is 2. The third kappa shape index (κ3) is 3.74. The number of benzene rings is 1. The summed E-state index contributed by atoms with van der Waals surface area (Å²) in [5.74, 6) is 1.77. The summed E-state index contributed by atoms with van der Waals surface area (Å²) in [5.41, 5.74) is 2.59. The standard InChI is InChI=1S/C15H24O2/c1-10(2)13-8-7-9-14(15(13)11(3)4)17-16-12(5)6/h7-12H,1-6H3. The fraction of sp³-hybridized carbons (Fsp3) is 0.600. The molecule has 0 amide bonds. The lowest BCUT2D eigenvalue weighted by Crippen LogP contribution is -2.09. The zero-order valence-electron chi connectivity index (χ0n) is 11.8. The van der Waals surface area contributed by atoms with E-state index in [-0.39, 0.29) is 6.10 Å². The lowest BCUT2D eigenvalue weighted by Gasteiger charge is -2.19. The molecule has 0 aliphatic heterocycles. The van der Waals surface area contributed by atoms with Crippen LogP contribution >= 0.6 is 0 Å². The Labute approximate surface area is 105 Å². The fourth-order valence-electron chi connectivity index (χ4n) is 1.90. The minimum absolute atomic E-state index is 0.0673. The van der Waals surface area contributed by atoms with Crippen LogP contribution < -0.4 is 4.89 Å². The highest BCUT2D eigenvalue weighted by molar-refractivity contribution is 5.43. The molecule has 1 aromatic carbocycles. The maximum Gasteiger partial charge on any atom is 0.169 e. The SMILES string of the molecule is CC(C)OOc1cccc(C(C)C)c1C(C)C. The second-order valence-electron chi connectivity index (χ2n) is 5.30. The van der Waals surface area contributed by atoms with Gasteiger partial charge in [0, 0.05) is 5.56 Å². The third-order valence-electron chi connectivity index (χ3n) is 2.63. The lowest BCUT2D eigenvalue weighted by atomic mass is 9.90. The van der Waals surface area contributed by atoms with Crippen molar-refractivity contribution in [1.29, 1.82) is 0 Å². The molecule has 0 saturated heterocycles. The van der Waals surface area contributed by atoms with Gasteiger partial charge < -0.3 is 4.89 Å².